The Morgan fingerprint density at radius 1 is 1.13 bits per heavy atom. The van der Waals surface area contributed by atoms with Crippen molar-refractivity contribution in [2.75, 3.05) is 27.8 Å². The molecule has 15 heavy (non-hydrogen) atoms. The molecule has 0 rings (SSSR count). The molecule has 0 radical (unpaired) electrons. The first-order valence-corrected chi connectivity index (χ1v) is 4.92. The maximum atomic E-state index is 11.1. The molecule has 0 aliphatic carbocycles. The molecule has 88 valence electrons. The van der Waals surface area contributed by atoms with Crippen LogP contribution in [-0.2, 0) is 19.1 Å². The highest BCUT2D eigenvalue weighted by Crippen LogP contribution is 2.14. The number of esters is 2. The normalized spacial score (nSPS) is 10.1. The van der Waals surface area contributed by atoms with Gasteiger partial charge in [0.15, 0.2) is 0 Å². The van der Waals surface area contributed by atoms with E-state index in [1.165, 1.54) is 14.2 Å². The minimum Gasteiger partial charge on any atom is -0.469 e. The summed E-state index contributed by atoms with van der Waals surface area (Å²) in [5.41, 5.74) is 0. The van der Waals surface area contributed by atoms with Crippen LogP contribution in [0.2, 0.25) is 0 Å². The van der Waals surface area contributed by atoms with Gasteiger partial charge in [0.2, 0.25) is 0 Å². The van der Waals surface area contributed by atoms with Crippen LogP contribution in [0.3, 0.4) is 0 Å². The standard InChI is InChI=1S/C10H19NO4/c1-11-5-4-8(6-9(12)14-2)7-10(13)15-3/h8,11H,4-7H2,1-3H3. The quantitative estimate of drug-likeness (QED) is 0.623. The van der Waals surface area contributed by atoms with Gasteiger partial charge in [-0.25, -0.2) is 0 Å². The van der Waals surface area contributed by atoms with Gasteiger partial charge in [-0.2, -0.15) is 0 Å². The van der Waals surface area contributed by atoms with Crippen LogP contribution in [0.15, 0.2) is 0 Å². The van der Waals surface area contributed by atoms with Crippen LogP contribution in [0.1, 0.15) is 19.3 Å². The number of carbonyl (C=O) groups excluding carboxylic acids is 2. The Morgan fingerprint density at radius 3 is 1.93 bits per heavy atom. The van der Waals surface area contributed by atoms with Crippen molar-refractivity contribution in [3.05, 3.63) is 0 Å². The molecule has 0 spiro atoms. The lowest BCUT2D eigenvalue weighted by atomic mass is 9.97. The summed E-state index contributed by atoms with van der Waals surface area (Å²) in [5, 5.41) is 2.98. The van der Waals surface area contributed by atoms with Crippen LogP contribution in [0.5, 0.6) is 0 Å². The lowest BCUT2D eigenvalue weighted by Gasteiger charge is -2.13. The molecule has 0 aliphatic rings. The summed E-state index contributed by atoms with van der Waals surface area (Å²) >= 11 is 0. The molecular weight excluding hydrogens is 198 g/mol. The lowest BCUT2D eigenvalue weighted by molar-refractivity contribution is -0.144. The topological polar surface area (TPSA) is 64.6 Å². The number of rotatable bonds is 7. The van der Waals surface area contributed by atoms with Gasteiger partial charge >= 0.3 is 11.9 Å². The van der Waals surface area contributed by atoms with Crippen molar-refractivity contribution in [2.24, 2.45) is 5.92 Å². The second-order valence-corrected chi connectivity index (χ2v) is 3.32. The highest BCUT2D eigenvalue weighted by Gasteiger charge is 2.17. The Labute approximate surface area is 90.1 Å². The van der Waals surface area contributed by atoms with Gasteiger partial charge in [0, 0.05) is 12.8 Å². The van der Waals surface area contributed by atoms with Gasteiger partial charge < -0.3 is 14.8 Å². The van der Waals surface area contributed by atoms with E-state index in [0.717, 1.165) is 13.0 Å². The van der Waals surface area contributed by atoms with Crippen LogP contribution in [0, 0.1) is 5.92 Å². The van der Waals surface area contributed by atoms with Crippen molar-refractivity contribution in [1.82, 2.24) is 5.32 Å². The van der Waals surface area contributed by atoms with E-state index in [4.69, 9.17) is 0 Å². The number of hydrogen-bond donors (Lipinski definition) is 1. The number of nitrogens with one attached hydrogen (secondary N) is 1. The summed E-state index contributed by atoms with van der Waals surface area (Å²) in [5.74, 6) is -0.600. The fourth-order valence-electron chi connectivity index (χ4n) is 1.26. The molecule has 5 nitrogen and oxygen atoms in total. The van der Waals surface area contributed by atoms with Gasteiger partial charge in [-0.1, -0.05) is 0 Å². The Kier molecular flexibility index (Phi) is 7.62. The third-order valence-corrected chi connectivity index (χ3v) is 2.17. The van der Waals surface area contributed by atoms with E-state index in [9.17, 15) is 9.59 Å². The smallest absolute Gasteiger partial charge is 0.305 e. The highest BCUT2D eigenvalue weighted by atomic mass is 16.5. The van der Waals surface area contributed by atoms with E-state index in [1.54, 1.807) is 0 Å². The second-order valence-electron chi connectivity index (χ2n) is 3.32. The van der Waals surface area contributed by atoms with Crippen molar-refractivity contribution in [3.8, 4) is 0 Å². The highest BCUT2D eigenvalue weighted by molar-refractivity contribution is 5.73. The van der Waals surface area contributed by atoms with Crippen LogP contribution >= 0.6 is 0 Å². The SMILES string of the molecule is CNCCC(CC(=O)OC)CC(=O)OC. The van der Waals surface area contributed by atoms with E-state index in [0.29, 0.717) is 0 Å². The summed E-state index contributed by atoms with van der Waals surface area (Å²) in [6.07, 6.45) is 1.27. The first-order valence-electron chi connectivity index (χ1n) is 4.92. The van der Waals surface area contributed by atoms with Gasteiger partial charge in [-0.15, -0.1) is 0 Å². The molecular formula is C10H19NO4. The number of carbonyl (C=O) groups is 2. The molecule has 0 saturated heterocycles. The van der Waals surface area contributed by atoms with Crippen molar-refractivity contribution in [3.63, 3.8) is 0 Å². The molecule has 0 atom stereocenters. The molecule has 0 unspecified atom stereocenters. The molecule has 5 heteroatoms. The number of hydrogen-bond acceptors (Lipinski definition) is 5. The van der Waals surface area contributed by atoms with E-state index in [1.807, 2.05) is 7.05 Å². The van der Waals surface area contributed by atoms with Gasteiger partial charge in [-0.3, -0.25) is 9.59 Å². The molecule has 0 aromatic heterocycles. The second kappa shape index (κ2) is 8.23. The predicted molar refractivity (Wildman–Crippen MR) is 55.3 cm³/mol. The zero-order valence-electron chi connectivity index (χ0n) is 9.54. The van der Waals surface area contributed by atoms with E-state index >= 15 is 0 Å². The fraction of sp³-hybridized carbons (Fsp3) is 0.800. The molecule has 0 aliphatic heterocycles. The summed E-state index contributed by atoms with van der Waals surface area (Å²) in [6, 6.07) is 0. The van der Waals surface area contributed by atoms with Crippen molar-refractivity contribution in [1.29, 1.82) is 0 Å². The lowest BCUT2D eigenvalue weighted by Crippen LogP contribution is -2.19. The maximum absolute atomic E-state index is 11.1. The molecule has 0 saturated carbocycles. The molecule has 0 aromatic carbocycles. The summed E-state index contributed by atoms with van der Waals surface area (Å²) in [7, 11) is 4.51. The van der Waals surface area contributed by atoms with Gasteiger partial charge in [0.1, 0.15) is 0 Å². The third kappa shape index (κ3) is 6.90. The summed E-state index contributed by atoms with van der Waals surface area (Å²) in [6.45, 7) is 0.763. The minimum atomic E-state index is -0.292. The Hall–Kier alpha value is -1.10. The van der Waals surface area contributed by atoms with Gasteiger partial charge in [0.25, 0.3) is 0 Å². The van der Waals surface area contributed by atoms with Crippen LogP contribution < -0.4 is 5.32 Å². The molecule has 0 heterocycles. The Balaban J connectivity index is 4.05. The molecule has 1 N–H and O–H groups in total. The van der Waals surface area contributed by atoms with Crippen molar-refractivity contribution < 1.29 is 19.1 Å². The monoisotopic (exact) mass is 217 g/mol. The number of ether oxygens (including phenoxy) is 2. The minimum absolute atomic E-state index is 0.0163. The van der Waals surface area contributed by atoms with Crippen molar-refractivity contribution in [2.45, 2.75) is 19.3 Å². The molecule has 0 amide bonds. The van der Waals surface area contributed by atoms with Gasteiger partial charge in [-0.05, 0) is 25.9 Å². The van der Waals surface area contributed by atoms with Crippen molar-refractivity contribution >= 4 is 11.9 Å². The first kappa shape index (κ1) is 13.9. The van der Waals surface area contributed by atoms with E-state index in [-0.39, 0.29) is 30.7 Å². The van der Waals surface area contributed by atoms with E-state index in [2.05, 4.69) is 14.8 Å². The Bertz CT molecular complexity index is 188. The molecule has 0 bridgehead atoms. The fourth-order valence-corrected chi connectivity index (χ4v) is 1.26. The zero-order chi connectivity index (χ0) is 11.7. The largest absolute Gasteiger partial charge is 0.469 e. The predicted octanol–water partition coefficient (Wildman–Crippen LogP) is 0.338. The van der Waals surface area contributed by atoms with Crippen LogP contribution in [0.25, 0.3) is 0 Å². The zero-order valence-corrected chi connectivity index (χ0v) is 9.54. The first-order chi connectivity index (χ1) is 7.13. The van der Waals surface area contributed by atoms with Gasteiger partial charge in [0.05, 0.1) is 14.2 Å². The average Bonchev–Trinajstić information content (AvgIpc) is 2.25. The average molecular weight is 217 g/mol. The maximum Gasteiger partial charge on any atom is 0.305 e. The Morgan fingerprint density at radius 2 is 1.60 bits per heavy atom. The van der Waals surface area contributed by atoms with Crippen LogP contribution in [-0.4, -0.2) is 39.8 Å². The summed E-state index contributed by atoms with van der Waals surface area (Å²) < 4.78 is 9.13. The van der Waals surface area contributed by atoms with Crippen LogP contribution in [0.4, 0.5) is 0 Å². The summed E-state index contributed by atoms with van der Waals surface area (Å²) in [4.78, 5) is 22.1. The third-order valence-electron chi connectivity index (χ3n) is 2.17. The molecule has 0 aromatic rings. The number of methoxy groups -OCH3 is 2. The van der Waals surface area contributed by atoms with E-state index < -0.39 is 0 Å². The molecule has 0 fully saturated rings.